The standard InChI is InChI=1S/C24H18ClN5O3S/c1-3-19(31)26-15-7-5-8-16(12-15)30-22-17(25)9-6-10-18(22)27-24(30)29-23(33)14-11-21(34-13-14)28-20(32)4-2/h3-13H,1-2H2,(H,26,31)(H,28,32)(H,27,29,33). The van der Waals surface area contributed by atoms with E-state index in [1.807, 2.05) is 0 Å². The molecule has 170 valence electrons. The summed E-state index contributed by atoms with van der Waals surface area (Å²) in [6.07, 6.45) is 2.32. The summed E-state index contributed by atoms with van der Waals surface area (Å²) in [5, 5.41) is 10.7. The second-order valence-electron chi connectivity index (χ2n) is 6.97. The van der Waals surface area contributed by atoms with E-state index in [0.717, 1.165) is 6.08 Å². The summed E-state index contributed by atoms with van der Waals surface area (Å²) in [5.41, 5.74) is 2.68. The van der Waals surface area contributed by atoms with Gasteiger partial charge in [-0.05, 0) is 48.6 Å². The van der Waals surface area contributed by atoms with Gasteiger partial charge in [0.1, 0.15) is 0 Å². The summed E-state index contributed by atoms with van der Waals surface area (Å²) < 4.78 is 1.70. The Morgan fingerprint density at radius 2 is 1.71 bits per heavy atom. The van der Waals surface area contributed by atoms with E-state index in [-0.39, 0.29) is 17.8 Å². The van der Waals surface area contributed by atoms with Crippen molar-refractivity contribution in [3.05, 3.63) is 89.8 Å². The molecule has 4 aromatic rings. The van der Waals surface area contributed by atoms with Gasteiger partial charge in [0, 0.05) is 11.1 Å². The summed E-state index contributed by atoms with van der Waals surface area (Å²) in [5.74, 6) is -0.896. The predicted molar refractivity (Wildman–Crippen MR) is 136 cm³/mol. The van der Waals surface area contributed by atoms with Gasteiger partial charge in [-0.25, -0.2) is 4.98 Å². The van der Waals surface area contributed by atoms with Gasteiger partial charge >= 0.3 is 0 Å². The maximum atomic E-state index is 13.0. The Balaban J connectivity index is 1.73. The Bertz CT molecular complexity index is 1460. The predicted octanol–water partition coefficient (Wildman–Crippen LogP) is 5.24. The zero-order chi connectivity index (χ0) is 24.2. The van der Waals surface area contributed by atoms with Crippen LogP contribution in [0.4, 0.5) is 16.6 Å². The molecule has 0 aliphatic heterocycles. The topological polar surface area (TPSA) is 105 Å². The molecule has 10 heteroatoms. The van der Waals surface area contributed by atoms with Crippen LogP contribution in [0, 0.1) is 0 Å². The van der Waals surface area contributed by atoms with Crippen molar-refractivity contribution < 1.29 is 14.4 Å². The molecule has 0 fully saturated rings. The molecule has 0 atom stereocenters. The van der Waals surface area contributed by atoms with E-state index < -0.39 is 5.91 Å². The van der Waals surface area contributed by atoms with Gasteiger partial charge in [0.05, 0.1) is 32.3 Å². The van der Waals surface area contributed by atoms with Crippen LogP contribution in [-0.2, 0) is 9.59 Å². The number of amides is 3. The number of nitrogens with zero attached hydrogens (tertiary/aromatic N) is 2. The molecule has 0 saturated carbocycles. The number of fused-ring (bicyclic) bond motifs is 1. The Morgan fingerprint density at radius 1 is 0.971 bits per heavy atom. The molecule has 0 radical (unpaired) electrons. The number of aromatic nitrogens is 2. The van der Waals surface area contributed by atoms with E-state index in [1.54, 1.807) is 58.5 Å². The molecular weight excluding hydrogens is 474 g/mol. The number of imidazole rings is 1. The molecule has 2 aromatic heterocycles. The maximum absolute atomic E-state index is 13.0. The lowest BCUT2D eigenvalue weighted by molar-refractivity contribution is -0.112. The van der Waals surface area contributed by atoms with Crippen LogP contribution in [0.1, 0.15) is 10.4 Å². The lowest BCUT2D eigenvalue weighted by Crippen LogP contribution is -2.15. The van der Waals surface area contributed by atoms with Crippen LogP contribution >= 0.6 is 22.9 Å². The quantitative estimate of drug-likeness (QED) is 0.307. The van der Waals surface area contributed by atoms with Gasteiger partial charge in [-0.3, -0.25) is 24.3 Å². The molecule has 2 heterocycles. The van der Waals surface area contributed by atoms with Crippen LogP contribution in [0.3, 0.4) is 0 Å². The average molecular weight is 492 g/mol. The first-order valence-corrected chi connectivity index (χ1v) is 11.2. The van der Waals surface area contributed by atoms with Gasteiger partial charge in [-0.15, -0.1) is 11.3 Å². The average Bonchev–Trinajstić information content (AvgIpc) is 3.44. The zero-order valence-electron chi connectivity index (χ0n) is 17.7. The molecular formula is C24H18ClN5O3S. The highest BCUT2D eigenvalue weighted by atomic mass is 35.5. The second-order valence-corrected chi connectivity index (χ2v) is 8.29. The Morgan fingerprint density at radius 3 is 2.47 bits per heavy atom. The Labute approximate surface area is 203 Å². The molecule has 0 aliphatic carbocycles. The van der Waals surface area contributed by atoms with Gasteiger partial charge < -0.3 is 10.6 Å². The molecule has 0 saturated heterocycles. The van der Waals surface area contributed by atoms with Crippen LogP contribution in [0.25, 0.3) is 16.7 Å². The molecule has 3 amide bonds. The van der Waals surface area contributed by atoms with E-state index in [2.05, 4.69) is 34.1 Å². The van der Waals surface area contributed by atoms with Crippen molar-refractivity contribution in [1.82, 2.24) is 9.55 Å². The lowest BCUT2D eigenvalue weighted by Gasteiger charge is -2.12. The molecule has 0 bridgehead atoms. The fraction of sp³-hybridized carbons (Fsp3) is 0. The highest BCUT2D eigenvalue weighted by Crippen LogP contribution is 2.31. The number of carbonyl (C=O) groups excluding carboxylic acids is 3. The molecule has 4 rings (SSSR count). The number of halogens is 1. The van der Waals surface area contributed by atoms with Crippen LogP contribution in [0.2, 0.25) is 5.02 Å². The van der Waals surface area contributed by atoms with Crippen molar-refractivity contribution in [1.29, 1.82) is 0 Å². The van der Waals surface area contributed by atoms with Crippen LogP contribution in [0.5, 0.6) is 0 Å². The van der Waals surface area contributed by atoms with Gasteiger partial charge in [0.2, 0.25) is 17.8 Å². The number of carbonyl (C=O) groups is 3. The highest BCUT2D eigenvalue weighted by Gasteiger charge is 2.19. The van der Waals surface area contributed by atoms with Crippen molar-refractivity contribution in [2.45, 2.75) is 0 Å². The minimum Gasteiger partial charge on any atom is -0.322 e. The number of thiophene rings is 1. The summed E-state index contributed by atoms with van der Waals surface area (Å²) in [7, 11) is 0. The SMILES string of the molecule is C=CC(=O)Nc1cccc(-n2c(NC(=O)c3csc(NC(=O)C=C)c3)nc3cccc(Cl)c32)c1. The van der Waals surface area contributed by atoms with Crippen molar-refractivity contribution in [2.24, 2.45) is 0 Å². The minimum absolute atomic E-state index is 0.239. The van der Waals surface area contributed by atoms with Crippen molar-refractivity contribution in [2.75, 3.05) is 16.0 Å². The third-order valence-corrected chi connectivity index (χ3v) is 5.85. The number of rotatable bonds is 7. The van der Waals surface area contributed by atoms with Crippen molar-refractivity contribution >= 4 is 68.3 Å². The van der Waals surface area contributed by atoms with E-state index >= 15 is 0 Å². The maximum Gasteiger partial charge on any atom is 0.258 e. The number of hydrogen-bond donors (Lipinski definition) is 3. The number of anilines is 3. The van der Waals surface area contributed by atoms with Gasteiger partial charge in [0.25, 0.3) is 5.91 Å². The largest absolute Gasteiger partial charge is 0.322 e. The van der Waals surface area contributed by atoms with Crippen molar-refractivity contribution in [3.63, 3.8) is 0 Å². The lowest BCUT2D eigenvalue weighted by atomic mass is 10.2. The highest BCUT2D eigenvalue weighted by molar-refractivity contribution is 7.14. The third kappa shape index (κ3) is 4.75. The summed E-state index contributed by atoms with van der Waals surface area (Å²) in [6.45, 7) is 6.87. The molecule has 8 nitrogen and oxygen atoms in total. The zero-order valence-corrected chi connectivity index (χ0v) is 19.2. The molecule has 34 heavy (non-hydrogen) atoms. The van der Waals surface area contributed by atoms with Crippen LogP contribution < -0.4 is 16.0 Å². The van der Waals surface area contributed by atoms with E-state index in [9.17, 15) is 14.4 Å². The van der Waals surface area contributed by atoms with E-state index in [1.165, 1.54) is 17.4 Å². The number of hydrogen-bond acceptors (Lipinski definition) is 5. The fourth-order valence-corrected chi connectivity index (χ4v) is 4.24. The minimum atomic E-state index is -0.417. The molecule has 0 unspecified atom stereocenters. The first kappa shape index (κ1) is 23.0. The van der Waals surface area contributed by atoms with Gasteiger partial charge in [-0.2, -0.15) is 0 Å². The van der Waals surface area contributed by atoms with Crippen molar-refractivity contribution in [3.8, 4) is 5.69 Å². The van der Waals surface area contributed by atoms with Gasteiger partial charge in [-0.1, -0.05) is 36.9 Å². The number of benzene rings is 2. The van der Waals surface area contributed by atoms with Crippen LogP contribution in [0.15, 0.2) is 79.2 Å². The van der Waals surface area contributed by atoms with E-state index in [0.29, 0.717) is 38.0 Å². The first-order valence-electron chi connectivity index (χ1n) is 9.93. The number of nitrogens with one attached hydrogen (secondary N) is 3. The molecule has 0 spiro atoms. The third-order valence-electron chi connectivity index (χ3n) is 4.70. The summed E-state index contributed by atoms with van der Waals surface area (Å²) in [4.78, 5) is 40.8. The molecule has 3 N–H and O–H groups in total. The Hall–Kier alpha value is -4.21. The van der Waals surface area contributed by atoms with Gasteiger partial charge in [0.15, 0.2) is 0 Å². The normalized spacial score (nSPS) is 10.5. The number of para-hydroxylation sites is 1. The first-order chi connectivity index (χ1) is 16.4. The summed E-state index contributed by atoms with van der Waals surface area (Å²) in [6, 6.07) is 13.9. The summed E-state index contributed by atoms with van der Waals surface area (Å²) >= 11 is 7.70. The Kier molecular flexibility index (Phi) is 6.58. The van der Waals surface area contributed by atoms with Crippen LogP contribution in [-0.4, -0.2) is 27.3 Å². The second kappa shape index (κ2) is 9.74. The molecule has 2 aromatic carbocycles. The monoisotopic (exact) mass is 491 g/mol. The van der Waals surface area contributed by atoms with E-state index in [4.69, 9.17) is 11.6 Å². The molecule has 0 aliphatic rings. The fourth-order valence-electron chi connectivity index (χ4n) is 3.20. The smallest absolute Gasteiger partial charge is 0.258 e.